The van der Waals surface area contributed by atoms with Crippen LogP contribution in [0.25, 0.3) is 0 Å². The van der Waals surface area contributed by atoms with Gasteiger partial charge in [-0.2, -0.15) is 0 Å². The lowest BCUT2D eigenvalue weighted by Gasteiger charge is -2.13. The molecule has 0 saturated carbocycles. The van der Waals surface area contributed by atoms with Crippen LogP contribution >= 0.6 is 23.2 Å². The zero-order valence-electron chi connectivity index (χ0n) is 15.8. The molecule has 0 aliphatic heterocycles. The van der Waals surface area contributed by atoms with Crippen molar-refractivity contribution in [1.29, 1.82) is 0 Å². The summed E-state index contributed by atoms with van der Waals surface area (Å²) in [6, 6.07) is 8.50. The summed E-state index contributed by atoms with van der Waals surface area (Å²) < 4.78 is 62.8. The highest BCUT2D eigenvalue weighted by Crippen LogP contribution is 2.36. The molecule has 0 aromatic heterocycles. The molecule has 0 atom stereocenters. The number of nitrogens with zero attached hydrogens (tertiary/aromatic N) is 1. The summed E-state index contributed by atoms with van der Waals surface area (Å²) in [5.41, 5.74) is 0. The number of ether oxygens (including phenoxy) is 2. The fourth-order valence-corrected chi connectivity index (χ4v) is 4.97. The summed E-state index contributed by atoms with van der Waals surface area (Å²) in [4.78, 5) is -0.0511. The molecule has 0 amide bonds. The van der Waals surface area contributed by atoms with Gasteiger partial charge in [0.25, 0.3) is 0 Å². The molecular weight excluding hydrogens is 463 g/mol. The van der Waals surface area contributed by atoms with Crippen LogP contribution in [0.2, 0.25) is 10.0 Å². The average Bonchev–Trinajstić information content (AvgIpc) is 2.67. The highest BCUT2D eigenvalue weighted by Gasteiger charge is 2.21. The SMILES string of the molecule is COc1ccc(S(=O)(=O)NCCOc2ccc(S(=O)(=O)N(C)C)cc2)c(Cl)c1Cl. The Balaban J connectivity index is 1.98. The van der Waals surface area contributed by atoms with Gasteiger partial charge in [0, 0.05) is 20.6 Å². The number of halogens is 2. The van der Waals surface area contributed by atoms with Crippen LogP contribution in [0.1, 0.15) is 0 Å². The molecule has 8 nitrogen and oxygen atoms in total. The lowest BCUT2D eigenvalue weighted by atomic mass is 10.3. The van der Waals surface area contributed by atoms with Crippen molar-refractivity contribution in [2.45, 2.75) is 9.79 Å². The molecule has 0 aliphatic rings. The molecule has 12 heteroatoms. The highest BCUT2D eigenvalue weighted by molar-refractivity contribution is 7.89. The Morgan fingerprint density at radius 2 is 1.59 bits per heavy atom. The van der Waals surface area contributed by atoms with Gasteiger partial charge in [0.2, 0.25) is 20.0 Å². The summed E-state index contributed by atoms with van der Waals surface area (Å²) in [5.74, 6) is 0.658. The molecule has 29 heavy (non-hydrogen) atoms. The van der Waals surface area contributed by atoms with Gasteiger partial charge in [0.15, 0.2) is 0 Å². The number of hydrogen-bond acceptors (Lipinski definition) is 6. The third-order valence-electron chi connectivity index (χ3n) is 3.79. The molecule has 0 saturated heterocycles. The standard InChI is InChI=1S/C17H20Cl2N2O6S2/c1-21(2)29(24,25)13-6-4-12(5-7-13)27-11-10-20-28(22,23)15-9-8-14(26-3)16(18)17(15)19/h4-9,20H,10-11H2,1-3H3. The molecule has 0 spiro atoms. The molecule has 0 aliphatic carbocycles. The van der Waals surface area contributed by atoms with E-state index in [1.54, 1.807) is 0 Å². The van der Waals surface area contributed by atoms with Gasteiger partial charge in [-0.3, -0.25) is 0 Å². The lowest BCUT2D eigenvalue weighted by molar-refractivity contribution is 0.322. The molecule has 0 fully saturated rings. The molecule has 0 radical (unpaired) electrons. The Labute approximate surface area is 180 Å². The minimum absolute atomic E-state index is 0.000980. The van der Waals surface area contributed by atoms with E-state index in [1.165, 1.54) is 57.6 Å². The Morgan fingerprint density at radius 1 is 0.966 bits per heavy atom. The van der Waals surface area contributed by atoms with Crippen LogP contribution in [0.15, 0.2) is 46.2 Å². The van der Waals surface area contributed by atoms with Gasteiger partial charge >= 0.3 is 0 Å². The lowest BCUT2D eigenvalue weighted by Crippen LogP contribution is -2.28. The maximum Gasteiger partial charge on any atom is 0.242 e. The van der Waals surface area contributed by atoms with Crippen LogP contribution in [-0.4, -0.2) is 55.5 Å². The molecule has 0 bridgehead atoms. The maximum absolute atomic E-state index is 12.4. The summed E-state index contributed by atoms with van der Waals surface area (Å²) in [5, 5.41) is -0.141. The Kier molecular flexibility index (Phi) is 7.77. The average molecular weight is 483 g/mol. The van der Waals surface area contributed by atoms with Crippen molar-refractivity contribution >= 4 is 43.2 Å². The van der Waals surface area contributed by atoms with E-state index < -0.39 is 20.0 Å². The van der Waals surface area contributed by atoms with Crippen molar-refractivity contribution in [2.75, 3.05) is 34.4 Å². The van der Waals surface area contributed by atoms with Gasteiger partial charge in [-0.05, 0) is 36.4 Å². The van der Waals surface area contributed by atoms with Crippen LogP contribution in [0.3, 0.4) is 0 Å². The van der Waals surface area contributed by atoms with Crippen LogP contribution in [-0.2, 0) is 20.0 Å². The first-order valence-corrected chi connectivity index (χ1v) is 11.9. The second kappa shape index (κ2) is 9.50. The van der Waals surface area contributed by atoms with E-state index in [2.05, 4.69) is 4.72 Å². The van der Waals surface area contributed by atoms with E-state index in [4.69, 9.17) is 32.7 Å². The predicted molar refractivity (Wildman–Crippen MR) is 111 cm³/mol. The number of nitrogens with one attached hydrogen (secondary N) is 1. The van der Waals surface area contributed by atoms with Crippen LogP contribution < -0.4 is 14.2 Å². The fraction of sp³-hybridized carbons (Fsp3) is 0.294. The van der Waals surface area contributed by atoms with Gasteiger partial charge < -0.3 is 9.47 Å². The quantitative estimate of drug-likeness (QED) is 0.551. The molecule has 2 aromatic rings. The molecular formula is C17H20Cl2N2O6S2. The maximum atomic E-state index is 12.4. The summed E-state index contributed by atoms with van der Waals surface area (Å²) in [7, 11) is -3.17. The Bertz CT molecular complexity index is 1070. The van der Waals surface area contributed by atoms with Crippen molar-refractivity contribution in [3.63, 3.8) is 0 Å². The second-order valence-electron chi connectivity index (χ2n) is 5.90. The normalized spacial score (nSPS) is 12.2. The monoisotopic (exact) mass is 482 g/mol. The number of benzene rings is 2. The summed E-state index contributed by atoms with van der Waals surface area (Å²) in [6.45, 7) is -0.0272. The van der Waals surface area contributed by atoms with Gasteiger partial charge in [-0.25, -0.2) is 25.9 Å². The third-order valence-corrected chi connectivity index (χ3v) is 8.10. The van der Waals surface area contributed by atoms with Crippen molar-refractivity contribution in [3.8, 4) is 11.5 Å². The van der Waals surface area contributed by atoms with Crippen LogP contribution in [0, 0.1) is 0 Å². The Morgan fingerprint density at radius 3 is 2.14 bits per heavy atom. The van der Waals surface area contributed by atoms with E-state index in [9.17, 15) is 16.8 Å². The number of rotatable bonds is 9. The smallest absolute Gasteiger partial charge is 0.242 e. The van der Waals surface area contributed by atoms with Crippen LogP contribution in [0.5, 0.6) is 11.5 Å². The van der Waals surface area contributed by atoms with E-state index in [0.717, 1.165) is 4.31 Å². The zero-order valence-corrected chi connectivity index (χ0v) is 19.0. The topological polar surface area (TPSA) is 102 Å². The molecule has 0 unspecified atom stereocenters. The van der Waals surface area contributed by atoms with Gasteiger partial charge in [0.1, 0.15) is 28.0 Å². The minimum atomic E-state index is -3.92. The summed E-state index contributed by atoms with van der Waals surface area (Å²) >= 11 is 12.0. The molecule has 1 N–H and O–H groups in total. The molecule has 2 rings (SSSR count). The van der Waals surface area contributed by atoms with Crippen molar-refractivity contribution < 1.29 is 26.3 Å². The van der Waals surface area contributed by atoms with Crippen molar-refractivity contribution in [1.82, 2.24) is 9.03 Å². The first kappa shape index (κ1) is 23.7. The van der Waals surface area contributed by atoms with Gasteiger partial charge in [0.05, 0.1) is 17.0 Å². The highest BCUT2D eigenvalue weighted by atomic mass is 35.5. The van der Waals surface area contributed by atoms with E-state index >= 15 is 0 Å². The first-order chi connectivity index (χ1) is 13.5. The summed E-state index contributed by atoms with van der Waals surface area (Å²) in [6.07, 6.45) is 0. The molecule has 2 aromatic carbocycles. The Hall–Kier alpha value is -1.56. The first-order valence-electron chi connectivity index (χ1n) is 8.17. The van der Waals surface area contributed by atoms with Crippen molar-refractivity contribution in [2.24, 2.45) is 0 Å². The molecule has 160 valence electrons. The van der Waals surface area contributed by atoms with Crippen LogP contribution in [0.4, 0.5) is 0 Å². The fourth-order valence-electron chi connectivity index (χ4n) is 2.22. The third kappa shape index (κ3) is 5.53. The van der Waals surface area contributed by atoms with E-state index in [-0.39, 0.29) is 38.7 Å². The van der Waals surface area contributed by atoms with E-state index in [0.29, 0.717) is 5.75 Å². The van der Waals surface area contributed by atoms with Gasteiger partial charge in [-0.1, -0.05) is 23.2 Å². The van der Waals surface area contributed by atoms with E-state index in [1.807, 2.05) is 0 Å². The predicted octanol–water partition coefficient (Wildman–Crippen LogP) is 2.61. The zero-order chi connectivity index (χ0) is 21.8. The largest absolute Gasteiger partial charge is 0.495 e. The van der Waals surface area contributed by atoms with Gasteiger partial charge in [-0.15, -0.1) is 0 Å². The molecule has 0 heterocycles. The number of methoxy groups -OCH3 is 1. The number of sulfonamides is 2. The minimum Gasteiger partial charge on any atom is -0.495 e. The van der Waals surface area contributed by atoms with Crippen molar-refractivity contribution in [3.05, 3.63) is 46.4 Å². The second-order valence-corrected chi connectivity index (χ2v) is 10.5. The number of hydrogen-bond donors (Lipinski definition) is 1.